The molecule has 0 fully saturated rings. The number of rotatable bonds is 5. The lowest BCUT2D eigenvalue weighted by atomic mass is 10.2. The van der Waals surface area contributed by atoms with Gasteiger partial charge in [-0.05, 0) is 31.2 Å². The van der Waals surface area contributed by atoms with Crippen LogP contribution in [0, 0.1) is 0 Å². The van der Waals surface area contributed by atoms with Crippen LogP contribution in [-0.4, -0.2) is 17.2 Å². The summed E-state index contributed by atoms with van der Waals surface area (Å²) in [5.74, 6) is 1.36. The van der Waals surface area contributed by atoms with Crippen molar-refractivity contribution in [1.82, 2.24) is 10.1 Å². The standard InChI is InChI=1S/C18H17N3O2S/c1-12(18-19-14-6-3-4-8-17(14)24-18)21(2)11-13-10-16(23-20-13)15-7-5-9-22-15/h3-10,12H,11H2,1-2H3/p+1/t12-/m0/s1. The number of nitrogens with zero attached hydrogens (tertiary/aromatic N) is 2. The number of fused-ring (bicyclic) bond motifs is 1. The van der Waals surface area contributed by atoms with E-state index in [-0.39, 0.29) is 6.04 Å². The molecule has 0 bridgehead atoms. The van der Waals surface area contributed by atoms with Gasteiger partial charge in [0, 0.05) is 6.07 Å². The summed E-state index contributed by atoms with van der Waals surface area (Å²) in [6, 6.07) is 14.2. The Morgan fingerprint density at radius 1 is 1.17 bits per heavy atom. The molecular weight excluding hydrogens is 322 g/mol. The first-order valence-corrected chi connectivity index (χ1v) is 8.69. The zero-order valence-corrected chi connectivity index (χ0v) is 14.3. The van der Waals surface area contributed by atoms with Crippen LogP contribution >= 0.6 is 11.3 Å². The third-order valence-electron chi connectivity index (χ3n) is 4.20. The summed E-state index contributed by atoms with van der Waals surface area (Å²) in [5.41, 5.74) is 1.98. The minimum atomic E-state index is 0.283. The lowest BCUT2D eigenvalue weighted by Crippen LogP contribution is -3.07. The fraction of sp³-hybridized carbons (Fsp3) is 0.222. The first-order valence-electron chi connectivity index (χ1n) is 7.88. The van der Waals surface area contributed by atoms with Gasteiger partial charge in [0.15, 0.2) is 10.8 Å². The normalized spacial score (nSPS) is 14.1. The van der Waals surface area contributed by atoms with Crippen LogP contribution in [0.15, 0.2) is 57.7 Å². The van der Waals surface area contributed by atoms with Crippen molar-refractivity contribution in [3.8, 4) is 11.5 Å². The number of hydrogen-bond donors (Lipinski definition) is 1. The number of para-hydroxylation sites is 1. The summed E-state index contributed by atoms with van der Waals surface area (Å²) in [5, 5.41) is 5.30. The van der Waals surface area contributed by atoms with Crippen molar-refractivity contribution in [3.05, 3.63) is 59.4 Å². The minimum absolute atomic E-state index is 0.283. The van der Waals surface area contributed by atoms with E-state index in [0.29, 0.717) is 11.5 Å². The molecule has 122 valence electrons. The third kappa shape index (κ3) is 2.86. The molecule has 0 spiro atoms. The summed E-state index contributed by atoms with van der Waals surface area (Å²) in [6.45, 7) is 2.96. The molecule has 1 aromatic carbocycles. The Hall–Kier alpha value is -2.44. The lowest BCUT2D eigenvalue weighted by molar-refractivity contribution is -0.924. The maximum Gasteiger partial charge on any atom is 0.202 e. The monoisotopic (exact) mass is 340 g/mol. The van der Waals surface area contributed by atoms with Gasteiger partial charge in [0.25, 0.3) is 0 Å². The molecule has 0 amide bonds. The van der Waals surface area contributed by atoms with Gasteiger partial charge in [-0.2, -0.15) is 0 Å². The van der Waals surface area contributed by atoms with E-state index in [9.17, 15) is 0 Å². The van der Waals surface area contributed by atoms with E-state index in [2.05, 4.69) is 37.3 Å². The number of furan rings is 1. The Labute approximate surface area is 143 Å². The van der Waals surface area contributed by atoms with Crippen molar-refractivity contribution in [2.24, 2.45) is 0 Å². The van der Waals surface area contributed by atoms with Gasteiger partial charge in [-0.3, -0.25) is 0 Å². The van der Waals surface area contributed by atoms with Gasteiger partial charge in [0.1, 0.15) is 18.3 Å². The molecule has 3 heterocycles. The Kier molecular flexibility index (Phi) is 3.92. The van der Waals surface area contributed by atoms with Crippen molar-refractivity contribution in [2.75, 3.05) is 7.05 Å². The van der Waals surface area contributed by atoms with Crippen molar-refractivity contribution in [3.63, 3.8) is 0 Å². The summed E-state index contributed by atoms with van der Waals surface area (Å²) in [4.78, 5) is 6.07. The molecule has 1 unspecified atom stereocenters. The summed E-state index contributed by atoms with van der Waals surface area (Å²) >= 11 is 1.76. The largest absolute Gasteiger partial charge is 0.461 e. The predicted molar refractivity (Wildman–Crippen MR) is 92.8 cm³/mol. The van der Waals surface area contributed by atoms with Crippen molar-refractivity contribution < 1.29 is 13.8 Å². The van der Waals surface area contributed by atoms with Crippen LogP contribution in [-0.2, 0) is 6.54 Å². The van der Waals surface area contributed by atoms with E-state index in [0.717, 1.165) is 22.8 Å². The molecule has 24 heavy (non-hydrogen) atoms. The molecule has 1 N–H and O–H groups in total. The molecule has 4 aromatic rings. The summed E-state index contributed by atoms with van der Waals surface area (Å²) in [7, 11) is 2.15. The number of quaternary nitrogens is 1. The van der Waals surface area contributed by atoms with Crippen LogP contribution in [0.2, 0.25) is 0 Å². The first-order chi connectivity index (χ1) is 11.7. The highest BCUT2D eigenvalue weighted by atomic mass is 32.1. The molecule has 0 aliphatic rings. The average Bonchev–Trinajstić information content (AvgIpc) is 3.32. The van der Waals surface area contributed by atoms with Crippen LogP contribution in [0.25, 0.3) is 21.7 Å². The zero-order chi connectivity index (χ0) is 16.5. The van der Waals surface area contributed by atoms with Crippen LogP contribution < -0.4 is 4.90 Å². The molecule has 0 aliphatic heterocycles. The Balaban J connectivity index is 1.50. The number of aromatic nitrogens is 2. The highest BCUT2D eigenvalue weighted by Gasteiger charge is 2.21. The molecule has 0 aliphatic carbocycles. The number of hydrogen-bond acceptors (Lipinski definition) is 5. The van der Waals surface area contributed by atoms with Gasteiger partial charge in [0.05, 0.1) is 23.5 Å². The molecular formula is C18H18N3O2S+. The topological polar surface area (TPSA) is 56.5 Å². The molecule has 0 saturated carbocycles. The second-order valence-electron chi connectivity index (χ2n) is 5.92. The highest BCUT2D eigenvalue weighted by molar-refractivity contribution is 7.18. The van der Waals surface area contributed by atoms with Gasteiger partial charge in [-0.15, -0.1) is 11.3 Å². The lowest BCUT2D eigenvalue weighted by Gasteiger charge is -2.18. The molecule has 5 nitrogen and oxygen atoms in total. The smallest absolute Gasteiger partial charge is 0.202 e. The van der Waals surface area contributed by atoms with Crippen LogP contribution in [0.5, 0.6) is 0 Å². The van der Waals surface area contributed by atoms with E-state index in [1.54, 1.807) is 17.6 Å². The fourth-order valence-electron chi connectivity index (χ4n) is 2.65. The van der Waals surface area contributed by atoms with Gasteiger partial charge in [0.2, 0.25) is 5.76 Å². The van der Waals surface area contributed by atoms with Gasteiger partial charge in [-0.25, -0.2) is 4.98 Å². The fourth-order valence-corrected chi connectivity index (χ4v) is 3.77. The molecule has 3 aromatic heterocycles. The predicted octanol–water partition coefficient (Wildman–Crippen LogP) is 3.32. The Morgan fingerprint density at radius 3 is 2.83 bits per heavy atom. The van der Waals surface area contributed by atoms with E-state index >= 15 is 0 Å². The third-order valence-corrected chi connectivity index (χ3v) is 5.42. The first kappa shape index (κ1) is 15.1. The van der Waals surface area contributed by atoms with Crippen molar-refractivity contribution in [1.29, 1.82) is 0 Å². The molecule has 0 radical (unpaired) electrons. The Bertz CT molecular complexity index is 909. The SMILES string of the molecule is C[C@@H](c1nc2ccccc2s1)[NH+](C)Cc1cc(-c2ccco2)on1. The van der Waals surface area contributed by atoms with Crippen LogP contribution in [0.1, 0.15) is 23.7 Å². The minimum Gasteiger partial charge on any atom is -0.461 e. The van der Waals surface area contributed by atoms with Gasteiger partial charge < -0.3 is 13.8 Å². The maximum atomic E-state index is 5.37. The average molecular weight is 340 g/mol. The van der Waals surface area contributed by atoms with Crippen molar-refractivity contribution in [2.45, 2.75) is 19.5 Å². The second kappa shape index (κ2) is 6.22. The highest BCUT2D eigenvalue weighted by Crippen LogP contribution is 2.25. The number of nitrogens with one attached hydrogen (secondary N) is 1. The Morgan fingerprint density at radius 2 is 2.04 bits per heavy atom. The second-order valence-corrected chi connectivity index (χ2v) is 6.99. The van der Waals surface area contributed by atoms with Gasteiger partial charge in [-0.1, -0.05) is 17.3 Å². The van der Waals surface area contributed by atoms with E-state index in [1.165, 1.54) is 9.60 Å². The van der Waals surface area contributed by atoms with Crippen molar-refractivity contribution >= 4 is 21.6 Å². The molecule has 2 atom stereocenters. The molecule has 0 saturated heterocycles. The quantitative estimate of drug-likeness (QED) is 0.605. The number of thiazole rings is 1. The maximum absolute atomic E-state index is 5.37. The van der Waals surface area contributed by atoms with E-state index in [4.69, 9.17) is 13.9 Å². The molecule has 4 rings (SSSR count). The summed E-state index contributed by atoms with van der Waals surface area (Å²) in [6.07, 6.45) is 1.63. The number of benzene rings is 1. The zero-order valence-electron chi connectivity index (χ0n) is 13.5. The summed E-state index contributed by atoms with van der Waals surface area (Å²) < 4.78 is 11.9. The van der Waals surface area contributed by atoms with E-state index < -0.39 is 0 Å². The van der Waals surface area contributed by atoms with E-state index in [1.807, 2.05) is 24.3 Å². The van der Waals surface area contributed by atoms with Crippen LogP contribution in [0.3, 0.4) is 0 Å². The van der Waals surface area contributed by atoms with Crippen LogP contribution in [0.4, 0.5) is 0 Å². The van der Waals surface area contributed by atoms with Gasteiger partial charge >= 0.3 is 0 Å². The molecule has 6 heteroatoms.